The number of para-hydroxylation sites is 1. The second-order valence-corrected chi connectivity index (χ2v) is 5.61. The van der Waals surface area contributed by atoms with Gasteiger partial charge >= 0.3 is 0 Å². The molecule has 0 saturated heterocycles. The lowest BCUT2D eigenvalue weighted by molar-refractivity contribution is 0.173. The van der Waals surface area contributed by atoms with Crippen LogP contribution < -0.4 is 10.5 Å². The molecule has 3 rings (SSSR count). The first-order valence-electron chi connectivity index (χ1n) is 7.19. The van der Waals surface area contributed by atoms with Gasteiger partial charge in [0.15, 0.2) is 0 Å². The van der Waals surface area contributed by atoms with Gasteiger partial charge in [-0.15, -0.1) is 0 Å². The van der Waals surface area contributed by atoms with E-state index in [0.717, 1.165) is 29.4 Å². The summed E-state index contributed by atoms with van der Waals surface area (Å²) in [6.07, 6.45) is 0. The largest absolute Gasteiger partial charge is 0.492 e. The molecule has 0 amide bonds. The molecule has 0 aromatic heterocycles. The summed E-state index contributed by atoms with van der Waals surface area (Å²) in [5, 5.41) is 0.770. The molecule has 1 heterocycles. The summed E-state index contributed by atoms with van der Waals surface area (Å²) in [5.41, 5.74) is 8.31. The smallest absolute Gasteiger partial charge is 0.123 e. The molecular formula is C17H19ClN2O. The third kappa shape index (κ3) is 3.05. The van der Waals surface area contributed by atoms with E-state index in [1.54, 1.807) is 0 Å². The van der Waals surface area contributed by atoms with Crippen LogP contribution in [0.25, 0.3) is 0 Å². The van der Waals surface area contributed by atoms with Crippen molar-refractivity contribution in [2.24, 2.45) is 5.73 Å². The average molecular weight is 303 g/mol. The van der Waals surface area contributed by atoms with Gasteiger partial charge in [0.1, 0.15) is 12.4 Å². The summed E-state index contributed by atoms with van der Waals surface area (Å²) < 4.78 is 5.82. The maximum atomic E-state index is 6.34. The molecule has 1 unspecified atom stereocenters. The Morgan fingerprint density at radius 2 is 1.90 bits per heavy atom. The van der Waals surface area contributed by atoms with Crippen LogP contribution in [0, 0.1) is 0 Å². The van der Waals surface area contributed by atoms with E-state index in [2.05, 4.69) is 17.0 Å². The first kappa shape index (κ1) is 14.4. The van der Waals surface area contributed by atoms with Crippen LogP contribution in [0.1, 0.15) is 17.2 Å². The molecule has 1 aliphatic heterocycles. The Labute approximate surface area is 130 Å². The van der Waals surface area contributed by atoms with Crippen molar-refractivity contribution >= 4 is 11.6 Å². The minimum Gasteiger partial charge on any atom is -0.492 e. The SMILES string of the molecule is NCC(c1ccccc1Cl)N1CCOc2ccccc2C1. The summed E-state index contributed by atoms with van der Waals surface area (Å²) in [6, 6.07) is 16.2. The van der Waals surface area contributed by atoms with Crippen LogP contribution in [0.4, 0.5) is 0 Å². The number of hydrogen-bond donors (Lipinski definition) is 1. The number of hydrogen-bond acceptors (Lipinski definition) is 3. The van der Waals surface area contributed by atoms with Crippen molar-refractivity contribution in [3.05, 3.63) is 64.7 Å². The maximum absolute atomic E-state index is 6.34. The molecule has 0 spiro atoms. The van der Waals surface area contributed by atoms with Gasteiger partial charge in [0.05, 0.1) is 0 Å². The molecule has 4 heteroatoms. The van der Waals surface area contributed by atoms with Crippen molar-refractivity contribution in [2.75, 3.05) is 19.7 Å². The molecule has 0 fully saturated rings. The number of fused-ring (bicyclic) bond motifs is 1. The zero-order chi connectivity index (χ0) is 14.7. The molecule has 2 aromatic rings. The van der Waals surface area contributed by atoms with E-state index in [1.807, 2.05) is 36.4 Å². The Hall–Kier alpha value is -1.55. The highest BCUT2D eigenvalue weighted by Crippen LogP contribution is 2.31. The van der Waals surface area contributed by atoms with Gasteiger partial charge < -0.3 is 10.5 Å². The number of benzene rings is 2. The Morgan fingerprint density at radius 3 is 2.71 bits per heavy atom. The van der Waals surface area contributed by atoms with Gasteiger partial charge in [0.25, 0.3) is 0 Å². The first-order valence-corrected chi connectivity index (χ1v) is 7.56. The molecule has 0 saturated carbocycles. The van der Waals surface area contributed by atoms with Crippen LogP contribution in [0.5, 0.6) is 5.75 Å². The molecule has 1 aliphatic rings. The van der Waals surface area contributed by atoms with Gasteiger partial charge in [-0.05, 0) is 17.7 Å². The van der Waals surface area contributed by atoms with Crippen LogP contribution in [0.3, 0.4) is 0 Å². The fraction of sp³-hybridized carbons (Fsp3) is 0.294. The quantitative estimate of drug-likeness (QED) is 0.946. The van der Waals surface area contributed by atoms with E-state index in [1.165, 1.54) is 5.56 Å². The molecule has 0 bridgehead atoms. The van der Waals surface area contributed by atoms with Crippen LogP contribution in [0.2, 0.25) is 5.02 Å². The summed E-state index contributed by atoms with van der Waals surface area (Å²) in [6.45, 7) is 2.86. The van der Waals surface area contributed by atoms with Gasteiger partial charge in [-0.1, -0.05) is 48.0 Å². The number of rotatable bonds is 3. The number of ether oxygens (including phenoxy) is 1. The lowest BCUT2D eigenvalue weighted by Crippen LogP contribution is -2.35. The molecule has 0 aliphatic carbocycles. The summed E-state index contributed by atoms with van der Waals surface area (Å²) in [5.74, 6) is 0.968. The summed E-state index contributed by atoms with van der Waals surface area (Å²) in [4.78, 5) is 2.34. The molecule has 110 valence electrons. The lowest BCUT2D eigenvalue weighted by Gasteiger charge is -2.30. The van der Waals surface area contributed by atoms with E-state index < -0.39 is 0 Å². The minimum absolute atomic E-state index is 0.105. The Bertz CT molecular complexity index is 617. The molecule has 2 N–H and O–H groups in total. The molecule has 21 heavy (non-hydrogen) atoms. The summed E-state index contributed by atoms with van der Waals surface area (Å²) in [7, 11) is 0. The number of nitrogens with two attached hydrogens (primary N) is 1. The fourth-order valence-electron chi connectivity index (χ4n) is 2.83. The maximum Gasteiger partial charge on any atom is 0.123 e. The third-order valence-electron chi connectivity index (χ3n) is 3.91. The zero-order valence-electron chi connectivity index (χ0n) is 11.8. The highest BCUT2D eigenvalue weighted by molar-refractivity contribution is 6.31. The molecular weight excluding hydrogens is 284 g/mol. The van der Waals surface area contributed by atoms with Crippen LogP contribution >= 0.6 is 11.6 Å². The number of nitrogens with zero attached hydrogens (tertiary/aromatic N) is 1. The molecule has 2 aromatic carbocycles. The van der Waals surface area contributed by atoms with E-state index in [0.29, 0.717) is 13.2 Å². The Balaban J connectivity index is 1.90. The highest BCUT2D eigenvalue weighted by atomic mass is 35.5. The monoisotopic (exact) mass is 302 g/mol. The van der Waals surface area contributed by atoms with Crippen LogP contribution in [0.15, 0.2) is 48.5 Å². The van der Waals surface area contributed by atoms with Crippen LogP contribution in [-0.2, 0) is 6.54 Å². The summed E-state index contributed by atoms with van der Waals surface area (Å²) >= 11 is 6.34. The van der Waals surface area contributed by atoms with Crippen molar-refractivity contribution in [1.82, 2.24) is 4.90 Å². The second-order valence-electron chi connectivity index (χ2n) is 5.20. The highest BCUT2D eigenvalue weighted by Gasteiger charge is 2.24. The van der Waals surface area contributed by atoms with Crippen molar-refractivity contribution in [2.45, 2.75) is 12.6 Å². The molecule has 1 atom stereocenters. The standard InChI is InChI=1S/C17H19ClN2O/c18-15-7-3-2-6-14(15)16(11-19)20-9-10-21-17-8-4-1-5-13(17)12-20/h1-8,16H,9-12,19H2. The predicted octanol–water partition coefficient (Wildman–Crippen LogP) is 3.23. The van der Waals surface area contributed by atoms with Crippen molar-refractivity contribution in [3.8, 4) is 5.75 Å². The predicted molar refractivity (Wildman–Crippen MR) is 85.6 cm³/mol. The molecule has 0 radical (unpaired) electrons. The second kappa shape index (κ2) is 6.48. The zero-order valence-corrected chi connectivity index (χ0v) is 12.6. The van der Waals surface area contributed by atoms with Gasteiger partial charge in [-0.2, -0.15) is 0 Å². The van der Waals surface area contributed by atoms with E-state index in [4.69, 9.17) is 22.1 Å². The van der Waals surface area contributed by atoms with Gasteiger partial charge in [0.2, 0.25) is 0 Å². The third-order valence-corrected chi connectivity index (χ3v) is 4.25. The molecule has 3 nitrogen and oxygen atoms in total. The van der Waals surface area contributed by atoms with Crippen molar-refractivity contribution in [3.63, 3.8) is 0 Å². The number of halogens is 1. The van der Waals surface area contributed by atoms with Crippen molar-refractivity contribution < 1.29 is 4.74 Å². The van der Waals surface area contributed by atoms with Crippen LogP contribution in [-0.4, -0.2) is 24.6 Å². The topological polar surface area (TPSA) is 38.5 Å². The Morgan fingerprint density at radius 1 is 1.14 bits per heavy atom. The van der Waals surface area contributed by atoms with Gasteiger partial charge in [-0.3, -0.25) is 4.90 Å². The first-order chi connectivity index (χ1) is 10.3. The Kier molecular flexibility index (Phi) is 4.44. The van der Waals surface area contributed by atoms with E-state index in [-0.39, 0.29) is 6.04 Å². The lowest BCUT2D eigenvalue weighted by atomic mass is 10.0. The normalized spacial score (nSPS) is 16.7. The average Bonchev–Trinajstić information content (AvgIpc) is 2.72. The minimum atomic E-state index is 0.105. The van der Waals surface area contributed by atoms with E-state index in [9.17, 15) is 0 Å². The van der Waals surface area contributed by atoms with E-state index >= 15 is 0 Å². The van der Waals surface area contributed by atoms with Gasteiger partial charge in [0, 0.05) is 36.3 Å². The fourth-order valence-corrected chi connectivity index (χ4v) is 3.09. The van der Waals surface area contributed by atoms with Gasteiger partial charge in [-0.25, -0.2) is 0 Å². The van der Waals surface area contributed by atoms with Crippen molar-refractivity contribution in [1.29, 1.82) is 0 Å².